The fraction of sp³-hybridized carbons (Fsp3) is 1.00. The molecular formula is C86H153N3. The predicted octanol–water partition coefficient (Wildman–Crippen LogP) is 25.8. The van der Waals surface area contributed by atoms with Crippen molar-refractivity contribution in [3.63, 3.8) is 0 Å². The van der Waals surface area contributed by atoms with Crippen molar-refractivity contribution in [3.8, 4) is 0 Å². The van der Waals surface area contributed by atoms with Crippen LogP contribution in [0.1, 0.15) is 437 Å². The standard InChI is InChI=1S/C86H153N3/c1-2-10-24-44-69(43-23-9-1)87(70-45-25-11-3-12-26-46-70)76-56-38-63-80-81-64-39-57-77(89(73-51-31-17-6-18-32-52-73)74-53-33-19-7-20-34-54-74)60-42-68-85(81)86(84(80)67-41-59-76)82-65-36-22-8-21-35-61-78(82)79-62-37-55-75(58-40-66-83(79)86)88(71-47-27-13-4-14-28-48-71)72-49-29-15-5-16-30-50-72/h69-85H,1-68H2. The van der Waals surface area contributed by atoms with Gasteiger partial charge in [-0.05, 0) is 220 Å². The van der Waals surface area contributed by atoms with Gasteiger partial charge >= 0.3 is 0 Å². The number of rotatable bonds is 9. The van der Waals surface area contributed by atoms with Gasteiger partial charge in [-0.2, -0.15) is 0 Å². The third-order valence-corrected chi connectivity index (χ3v) is 30.7. The zero-order valence-electron chi connectivity index (χ0n) is 59.7. The van der Waals surface area contributed by atoms with E-state index in [2.05, 4.69) is 14.7 Å². The van der Waals surface area contributed by atoms with Gasteiger partial charge in [0.2, 0.25) is 0 Å². The Labute approximate surface area is 555 Å². The quantitative estimate of drug-likeness (QED) is 0.228. The average molecular weight is 1230 g/mol. The van der Waals surface area contributed by atoms with Gasteiger partial charge in [-0.3, -0.25) is 14.7 Å². The van der Waals surface area contributed by atoms with Gasteiger partial charge in [-0.25, -0.2) is 0 Å². The Hall–Kier alpha value is -0.120. The molecule has 0 aromatic rings. The number of hydrogen-bond acceptors (Lipinski definition) is 3. The van der Waals surface area contributed by atoms with Gasteiger partial charge < -0.3 is 0 Å². The van der Waals surface area contributed by atoms with E-state index in [0.29, 0.717) is 5.41 Å². The summed E-state index contributed by atoms with van der Waals surface area (Å²) in [6.45, 7) is 0. The lowest BCUT2D eigenvalue weighted by Gasteiger charge is -2.50. The average Bonchev–Trinajstić information content (AvgIpc) is 1.53. The molecule has 12 fully saturated rings. The molecule has 0 aliphatic heterocycles. The first-order valence-electron chi connectivity index (χ1n) is 43.6. The van der Waals surface area contributed by atoms with Crippen molar-refractivity contribution in [2.75, 3.05) is 0 Å². The largest absolute Gasteiger partial charge is 0.294 e. The molecule has 12 saturated carbocycles. The van der Waals surface area contributed by atoms with E-state index in [1.165, 1.54) is 283 Å². The summed E-state index contributed by atoms with van der Waals surface area (Å²) in [5.74, 6) is 8.20. The van der Waals surface area contributed by atoms with Crippen LogP contribution in [0.5, 0.6) is 0 Å². The van der Waals surface area contributed by atoms with Crippen molar-refractivity contribution in [2.24, 2.45) is 52.8 Å². The zero-order valence-corrected chi connectivity index (χ0v) is 59.7. The minimum absolute atomic E-state index is 0.614. The lowest BCUT2D eigenvalue weighted by Crippen LogP contribution is -2.50. The van der Waals surface area contributed by atoms with Crippen LogP contribution in [0, 0.1) is 52.8 Å². The molecule has 12 aliphatic carbocycles. The Bertz CT molecular complexity index is 1810. The molecule has 12 atom stereocenters. The van der Waals surface area contributed by atoms with Crippen molar-refractivity contribution < 1.29 is 0 Å². The molecular weight excluding hydrogens is 1070 g/mol. The van der Waals surface area contributed by atoms with Crippen LogP contribution >= 0.6 is 0 Å². The molecule has 0 saturated heterocycles. The smallest absolute Gasteiger partial charge is 0.0101 e. The normalized spacial score (nSPS) is 38.4. The Morgan fingerprint density at radius 2 is 0.247 bits per heavy atom. The van der Waals surface area contributed by atoms with E-state index in [0.717, 1.165) is 102 Å². The lowest BCUT2D eigenvalue weighted by atomic mass is 9.55. The highest BCUT2D eigenvalue weighted by molar-refractivity contribution is 5.18. The molecule has 1 spiro atoms. The van der Waals surface area contributed by atoms with E-state index < -0.39 is 0 Å². The van der Waals surface area contributed by atoms with Crippen molar-refractivity contribution in [1.82, 2.24) is 14.7 Å². The van der Waals surface area contributed by atoms with Crippen molar-refractivity contribution in [2.45, 2.75) is 491 Å². The summed E-state index contributed by atoms with van der Waals surface area (Å²) in [5, 5.41) is 0. The second kappa shape index (κ2) is 37.0. The maximum atomic E-state index is 3.47. The maximum Gasteiger partial charge on any atom is 0.0101 e. The molecule has 0 heterocycles. The minimum atomic E-state index is 0.614. The van der Waals surface area contributed by atoms with Gasteiger partial charge in [-0.1, -0.05) is 270 Å². The van der Waals surface area contributed by atoms with Gasteiger partial charge in [0.25, 0.3) is 0 Å². The van der Waals surface area contributed by atoms with Crippen LogP contribution in [-0.2, 0) is 0 Å². The maximum absolute atomic E-state index is 3.47. The highest BCUT2D eigenvalue weighted by Crippen LogP contribution is 2.76. The Morgan fingerprint density at radius 1 is 0.124 bits per heavy atom. The fourth-order valence-electron chi connectivity index (χ4n) is 27.2. The molecule has 89 heavy (non-hydrogen) atoms. The van der Waals surface area contributed by atoms with E-state index in [1.54, 1.807) is 154 Å². The monoisotopic (exact) mass is 1230 g/mol. The second-order valence-corrected chi connectivity index (χ2v) is 35.7. The topological polar surface area (TPSA) is 9.72 Å². The summed E-state index contributed by atoms with van der Waals surface area (Å²) in [6.07, 6.45) is 105. The van der Waals surface area contributed by atoms with Crippen LogP contribution < -0.4 is 0 Å². The van der Waals surface area contributed by atoms with Crippen molar-refractivity contribution in [1.29, 1.82) is 0 Å². The molecule has 0 radical (unpaired) electrons. The van der Waals surface area contributed by atoms with E-state index in [9.17, 15) is 0 Å². The molecule has 3 heteroatoms. The third-order valence-electron chi connectivity index (χ3n) is 30.7. The summed E-state index contributed by atoms with van der Waals surface area (Å²) in [7, 11) is 0. The van der Waals surface area contributed by atoms with Gasteiger partial charge in [0.15, 0.2) is 0 Å². The van der Waals surface area contributed by atoms with E-state index in [-0.39, 0.29) is 0 Å². The van der Waals surface area contributed by atoms with Crippen LogP contribution in [0.4, 0.5) is 0 Å². The van der Waals surface area contributed by atoms with Crippen molar-refractivity contribution in [3.05, 3.63) is 0 Å². The molecule has 12 unspecified atom stereocenters. The molecule has 0 N–H and O–H groups in total. The van der Waals surface area contributed by atoms with Gasteiger partial charge in [0, 0.05) is 54.4 Å². The first-order valence-corrected chi connectivity index (χ1v) is 43.6. The van der Waals surface area contributed by atoms with Crippen molar-refractivity contribution >= 4 is 0 Å². The summed E-state index contributed by atoms with van der Waals surface area (Å²) >= 11 is 0. The summed E-state index contributed by atoms with van der Waals surface area (Å²) in [5.41, 5.74) is 0.614. The number of nitrogens with zero attached hydrogens (tertiary/aromatic N) is 3. The Kier molecular flexibility index (Phi) is 28.6. The van der Waals surface area contributed by atoms with E-state index >= 15 is 0 Å². The molecule has 512 valence electrons. The molecule has 0 amide bonds. The Morgan fingerprint density at radius 3 is 0.449 bits per heavy atom. The van der Waals surface area contributed by atoms with Gasteiger partial charge in [-0.15, -0.1) is 0 Å². The van der Waals surface area contributed by atoms with Crippen LogP contribution in [0.3, 0.4) is 0 Å². The molecule has 0 aromatic carbocycles. The first-order chi connectivity index (χ1) is 44.3. The number of fused-ring (bicyclic) bond motifs is 10. The van der Waals surface area contributed by atoms with Crippen LogP contribution in [-0.4, -0.2) is 69.1 Å². The van der Waals surface area contributed by atoms with Crippen LogP contribution in [0.2, 0.25) is 0 Å². The van der Waals surface area contributed by atoms with Crippen LogP contribution in [0.15, 0.2) is 0 Å². The van der Waals surface area contributed by atoms with Gasteiger partial charge in [0.1, 0.15) is 0 Å². The predicted molar refractivity (Wildman–Crippen MR) is 384 cm³/mol. The minimum Gasteiger partial charge on any atom is -0.294 e. The van der Waals surface area contributed by atoms with E-state index in [1.807, 2.05) is 0 Å². The fourth-order valence-corrected chi connectivity index (χ4v) is 27.2. The van der Waals surface area contributed by atoms with Crippen LogP contribution in [0.25, 0.3) is 0 Å². The molecule has 0 aromatic heterocycles. The number of hydrogen-bond donors (Lipinski definition) is 0. The Balaban J connectivity index is 0.901. The lowest BCUT2D eigenvalue weighted by molar-refractivity contribution is -0.0228. The third kappa shape index (κ3) is 17.8. The SMILES string of the molecule is C1CCCC(N(C2CCCCCCC2)C2CCCC3C4CCCCCCCC4C4(C3CCC2)C2CCCC(N(C3CCCCCCCC3)C3CCCCCCC3)CCCC2C2CCCC(N(C3CCCCCCC3)C3CCCCCCC3)CCCC24)CCC1. The summed E-state index contributed by atoms with van der Waals surface area (Å²) < 4.78 is 0. The molecule has 3 nitrogen and oxygen atoms in total. The van der Waals surface area contributed by atoms with Gasteiger partial charge in [0.05, 0.1) is 0 Å². The molecule has 0 bridgehead atoms. The summed E-state index contributed by atoms with van der Waals surface area (Å²) in [4.78, 5) is 10.4. The molecule has 12 aliphatic rings. The highest BCUT2D eigenvalue weighted by atomic mass is 15.2. The van der Waals surface area contributed by atoms with E-state index in [4.69, 9.17) is 0 Å². The zero-order chi connectivity index (χ0) is 60.1. The molecule has 12 rings (SSSR count). The highest BCUT2D eigenvalue weighted by Gasteiger charge is 2.70. The second-order valence-electron chi connectivity index (χ2n) is 35.7. The summed E-state index contributed by atoms with van der Waals surface area (Å²) in [6, 6.07) is 7.86. The first kappa shape index (κ1) is 68.8.